The van der Waals surface area contributed by atoms with Crippen molar-refractivity contribution >= 4 is 34.8 Å². The normalized spacial score (nSPS) is 11.7. The molecule has 5 nitrogen and oxygen atoms in total. The molecule has 0 fully saturated rings. The van der Waals surface area contributed by atoms with Crippen molar-refractivity contribution < 1.29 is 14.3 Å². The van der Waals surface area contributed by atoms with Crippen LogP contribution in [-0.4, -0.2) is 24.0 Å². The van der Waals surface area contributed by atoms with E-state index in [-0.39, 0.29) is 12.3 Å². The number of aryl methyl sites for hydroxylation is 1. The second-order valence-electron chi connectivity index (χ2n) is 6.51. The van der Waals surface area contributed by atoms with Gasteiger partial charge < -0.3 is 10.1 Å². The van der Waals surface area contributed by atoms with Crippen molar-refractivity contribution in [3.8, 4) is 0 Å². The molecule has 150 valence electrons. The molecule has 2 aromatic carbocycles. The number of ether oxygens (including phenoxy) is 1. The smallest absolute Gasteiger partial charge is 0.307 e. The third kappa shape index (κ3) is 5.43. The van der Waals surface area contributed by atoms with E-state index in [1.54, 1.807) is 18.2 Å². The molecule has 7 heteroatoms. The largest absolute Gasteiger partial charge is 0.469 e. The second kappa shape index (κ2) is 9.67. The number of esters is 1. The van der Waals surface area contributed by atoms with E-state index in [1.165, 1.54) is 18.4 Å². The van der Waals surface area contributed by atoms with Crippen LogP contribution in [0.25, 0.3) is 0 Å². The molecule has 0 radical (unpaired) electrons. The third-order valence-electron chi connectivity index (χ3n) is 4.43. The van der Waals surface area contributed by atoms with Gasteiger partial charge in [0, 0.05) is 11.4 Å². The fraction of sp³-hybridized carbons (Fsp3) is 0.227. The van der Waals surface area contributed by atoms with Gasteiger partial charge >= 0.3 is 5.97 Å². The lowest BCUT2D eigenvalue weighted by molar-refractivity contribution is -0.141. The molecule has 0 bridgehead atoms. The lowest BCUT2D eigenvalue weighted by Crippen LogP contribution is -2.30. The van der Waals surface area contributed by atoms with E-state index in [9.17, 15) is 9.59 Å². The first kappa shape index (κ1) is 21.0. The summed E-state index contributed by atoms with van der Waals surface area (Å²) in [5.74, 6) is -0.714. The number of aromatic nitrogens is 1. The molecule has 1 atom stereocenters. The second-order valence-corrected chi connectivity index (χ2v) is 8.00. The molecule has 0 aliphatic rings. The standard InChI is InChI=1S/C22H21ClN2O3S/c1-14-21(29-19(24-14)12-15-8-4-3-5-9-15)22(27)25-18(13-20(26)28-2)16-10-6-7-11-17(16)23/h3-11,18H,12-13H2,1-2H3,(H,25,27). The van der Waals surface area contributed by atoms with E-state index >= 15 is 0 Å². The Kier molecular flexibility index (Phi) is 7.01. The molecule has 29 heavy (non-hydrogen) atoms. The molecule has 1 amide bonds. The van der Waals surface area contributed by atoms with Crippen molar-refractivity contribution in [1.82, 2.24) is 10.3 Å². The highest BCUT2D eigenvalue weighted by Gasteiger charge is 2.24. The number of carbonyl (C=O) groups excluding carboxylic acids is 2. The maximum atomic E-state index is 13.0. The van der Waals surface area contributed by atoms with Gasteiger partial charge in [-0.15, -0.1) is 11.3 Å². The number of nitrogens with zero attached hydrogens (tertiary/aromatic N) is 1. The first-order chi connectivity index (χ1) is 14.0. The van der Waals surface area contributed by atoms with Crippen LogP contribution in [0, 0.1) is 6.92 Å². The molecule has 0 aliphatic heterocycles. The van der Waals surface area contributed by atoms with E-state index in [4.69, 9.17) is 16.3 Å². The van der Waals surface area contributed by atoms with Crippen LogP contribution >= 0.6 is 22.9 Å². The van der Waals surface area contributed by atoms with E-state index in [1.807, 2.05) is 43.3 Å². The van der Waals surface area contributed by atoms with E-state index in [0.717, 1.165) is 10.6 Å². The summed E-state index contributed by atoms with van der Waals surface area (Å²) in [6.45, 7) is 1.81. The van der Waals surface area contributed by atoms with Crippen LogP contribution in [0.5, 0.6) is 0 Å². The van der Waals surface area contributed by atoms with Crippen LogP contribution in [0.2, 0.25) is 5.02 Å². The highest BCUT2D eigenvalue weighted by atomic mass is 35.5. The van der Waals surface area contributed by atoms with Gasteiger partial charge in [0.15, 0.2) is 0 Å². The zero-order valence-corrected chi connectivity index (χ0v) is 17.7. The van der Waals surface area contributed by atoms with Crippen LogP contribution in [0.15, 0.2) is 54.6 Å². The summed E-state index contributed by atoms with van der Waals surface area (Å²) in [6, 6.07) is 16.5. The number of amides is 1. The predicted octanol–water partition coefficient (Wildman–Crippen LogP) is 4.73. The Bertz CT molecular complexity index is 1000. The van der Waals surface area contributed by atoms with Gasteiger partial charge in [0.2, 0.25) is 0 Å². The SMILES string of the molecule is COC(=O)CC(NC(=O)c1sc(Cc2ccccc2)nc1C)c1ccccc1Cl. The average molecular weight is 429 g/mol. The van der Waals surface area contributed by atoms with Gasteiger partial charge in [-0.3, -0.25) is 9.59 Å². The Hall–Kier alpha value is -2.70. The fourth-order valence-corrected chi connectivity index (χ4v) is 4.25. The molecule has 0 saturated heterocycles. The van der Waals surface area contributed by atoms with Crippen molar-refractivity contribution in [2.45, 2.75) is 25.8 Å². The number of hydrogen-bond donors (Lipinski definition) is 1. The summed E-state index contributed by atoms with van der Waals surface area (Å²) in [7, 11) is 1.32. The van der Waals surface area contributed by atoms with Crippen LogP contribution in [0.1, 0.15) is 44.0 Å². The summed E-state index contributed by atoms with van der Waals surface area (Å²) in [5, 5.41) is 4.26. The minimum atomic E-state index is -0.595. The molecule has 0 aliphatic carbocycles. The predicted molar refractivity (Wildman–Crippen MR) is 114 cm³/mol. The molecular weight excluding hydrogens is 408 g/mol. The number of thiazole rings is 1. The van der Waals surface area contributed by atoms with Gasteiger partial charge in [0.05, 0.1) is 30.3 Å². The molecule has 3 rings (SSSR count). The lowest BCUT2D eigenvalue weighted by atomic mass is 10.0. The highest BCUT2D eigenvalue weighted by Crippen LogP contribution is 2.27. The van der Waals surface area contributed by atoms with Gasteiger partial charge in [-0.1, -0.05) is 60.1 Å². The summed E-state index contributed by atoms with van der Waals surface area (Å²) in [6.07, 6.45) is 0.649. The maximum absolute atomic E-state index is 13.0. The van der Waals surface area contributed by atoms with Crippen LogP contribution < -0.4 is 5.32 Å². The number of nitrogens with one attached hydrogen (secondary N) is 1. The molecule has 1 aromatic heterocycles. The Labute approximate surface area is 178 Å². The Balaban J connectivity index is 1.80. The summed E-state index contributed by atoms with van der Waals surface area (Å²) in [4.78, 5) is 29.9. The van der Waals surface area contributed by atoms with Crippen LogP contribution in [0.3, 0.4) is 0 Å². The molecule has 1 N–H and O–H groups in total. The molecule has 1 heterocycles. The summed E-state index contributed by atoms with van der Waals surface area (Å²) in [5.41, 5.74) is 2.46. The van der Waals surface area contributed by atoms with Crippen molar-refractivity contribution in [1.29, 1.82) is 0 Å². The fourth-order valence-electron chi connectivity index (χ4n) is 2.98. The molecular formula is C22H21ClN2O3S. The Morgan fingerprint density at radius 1 is 1.14 bits per heavy atom. The topological polar surface area (TPSA) is 68.3 Å². The molecule has 3 aromatic rings. The van der Waals surface area contributed by atoms with Gasteiger partial charge in [-0.25, -0.2) is 4.98 Å². The third-order valence-corrected chi connectivity index (χ3v) is 5.93. The van der Waals surface area contributed by atoms with Crippen molar-refractivity contribution in [3.63, 3.8) is 0 Å². The van der Waals surface area contributed by atoms with Crippen molar-refractivity contribution in [2.75, 3.05) is 7.11 Å². The van der Waals surface area contributed by atoms with Gasteiger partial charge in [-0.05, 0) is 24.1 Å². The van der Waals surface area contributed by atoms with Crippen LogP contribution in [0.4, 0.5) is 0 Å². The van der Waals surface area contributed by atoms with Crippen LogP contribution in [-0.2, 0) is 16.0 Å². The zero-order valence-electron chi connectivity index (χ0n) is 16.1. The average Bonchev–Trinajstić information content (AvgIpc) is 3.08. The maximum Gasteiger partial charge on any atom is 0.307 e. The number of benzene rings is 2. The first-order valence-corrected chi connectivity index (χ1v) is 10.3. The molecule has 0 spiro atoms. The van der Waals surface area contributed by atoms with E-state index in [2.05, 4.69) is 10.3 Å². The Morgan fingerprint density at radius 2 is 1.83 bits per heavy atom. The van der Waals surface area contributed by atoms with Crippen molar-refractivity contribution in [2.24, 2.45) is 0 Å². The van der Waals surface area contributed by atoms with Gasteiger partial charge in [-0.2, -0.15) is 0 Å². The van der Waals surface area contributed by atoms with E-state index in [0.29, 0.717) is 27.6 Å². The Morgan fingerprint density at radius 3 is 2.52 bits per heavy atom. The number of carbonyl (C=O) groups is 2. The first-order valence-electron chi connectivity index (χ1n) is 9.10. The zero-order chi connectivity index (χ0) is 20.8. The summed E-state index contributed by atoms with van der Waals surface area (Å²) >= 11 is 7.64. The number of rotatable bonds is 7. The monoisotopic (exact) mass is 428 g/mol. The number of hydrogen-bond acceptors (Lipinski definition) is 5. The van der Waals surface area contributed by atoms with Crippen molar-refractivity contribution in [3.05, 3.63) is 86.3 Å². The quantitative estimate of drug-likeness (QED) is 0.552. The van der Waals surface area contributed by atoms with Gasteiger partial charge in [0.25, 0.3) is 5.91 Å². The molecule has 0 saturated carbocycles. The lowest BCUT2D eigenvalue weighted by Gasteiger charge is -2.19. The minimum absolute atomic E-state index is 0.0132. The van der Waals surface area contributed by atoms with Gasteiger partial charge in [0.1, 0.15) is 4.88 Å². The number of halogens is 1. The molecule has 1 unspecified atom stereocenters. The number of methoxy groups -OCH3 is 1. The van der Waals surface area contributed by atoms with E-state index < -0.39 is 12.0 Å². The highest BCUT2D eigenvalue weighted by molar-refractivity contribution is 7.13. The minimum Gasteiger partial charge on any atom is -0.469 e. The summed E-state index contributed by atoms with van der Waals surface area (Å²) < 4.78 is 4.78.